The summed E-state index contributed by atoms with van der Waals surface area (Å²) in [6.07, 6.45) is 2.05. The monoisotopic (exact) mass is 380 g/mol. The first-order valence-corrected chi connectivity index (χ1v) is 9.97. The van der Waals surface area contributed by atoms with Crippen LogP contribution in [0.5, 0.6) is 0 Å². The molecule has 1 aromatic heterocycles. The fraction of sp³-hybridized carbons (Fsp3) is 0.692. The van der Waals surface area contributed by atoms with Gasteiger partial charge in [0.05, 0.1) is 3.79 Å². The molecule has 0 amide bonds. The van der Waals surface area contributed by atoms with Gasteiger partial charge in [0.2, 0.25) is 0 Å². The van der Waals surface area contributed by atoms with Gasteiger partial charge in [0.25, 0.3) is 10.0 Å². The Balaban J connectivity index is 2.12. The Morgan fingerprint density at radius 2 is 2.30 bits per heavy atom. The normalized spacial score (nSPS) is 21.2. The summed E-state index contributed by atoms with van der Waals surface area (Å²) in [5.41, 5.74) is 0.981. The minimum atomic E-state index is -3.33. The van der Waals surface area contributed by atoms with Crippen molar-refractivity contribution in [2.24, 2.45) is 5.92 Å². The number of hydrogen-bond donors (Lipinski definition) is 1. The summed E-state index contributed by atoms with van der Waals surface area (Å²) in [7, 11) is -3.33. The largest absolute Gasteiger partial charge is 0.317 e. The lowest BCUT2D eigenvalue weighted by Crippen LogP contribution is -2.42. The Hall–Kier alpha value is 0.0500. The third kappa shape index (κ3) is 3.62. The quantitative estimate of drug-likeness (QED) is 0.853. The molecule has 0 spiro atoms. The fourth-order valence-corrected chi connectivity index (χ4v) is 6.38. The molecule has 2 heterocycles. The minimum absolute atomic E-state index is 0.419. The third-order valence-electron chi connectivity index (χ3n) is 3.59. The fourth-order valence-electron chi connectivity index (χ4n) is 2.45. The van der Waals surface area contributed by atoms with E-state index in [4.69, 9.17) is 0 Å². The molecule has 1 aromatic rings. The topological polar surface area (TPSA) is 49.4 Å². The molecule has 1 unspecified atom stereocenters. The van der Waals surface area contributed by atoms with Crippen molar-refractivity contribution < 1.29 is 8.42 Å². The minimum Gasteiger partial charge on any atom is -0.317 e. The standard InChI is InChI=1S/C13H21BrN2O2S2/c1-3-15-8-11-5-4-6-16(9-11)20(17,18)12-7-10(2)13(14)19-12/h7,11,15H,3-6,8-9H2,1-2H3. The lowest BCUT2D eigenvalue weighted by molar-refractivity contribution is 0.261. The lowest BCUT2D eigenvalue weighted by atomic mass is 10.00. The van der Waals surface area contributed by atoms with Gasteiger partial charge in [-0.1, -0.05) is 6.92 Å². The molecule has 114 valence electrons. The Bertz CT molecular complexity index is 537. The van der Waals surface area contributed by atoms with Crippen LogP contribution in [-0.4, -0.2) is 38.9 Å². The van der Waals surface area contributed by atoms with Gasteiger partial charge in [-0.05, 0) is 66.3 Å². The summed E-state index contributed by atoms with van der Waals surface area (Å²) in [6.45, 7) is 7.09. The van der Waals surface area contributed by atoms with E-state index in [2.05, 4.69) is 28.2 Å². The predicted octanol–water partition coefficient (Wildman–Crippen LogP) is 2.83. The summed E-state index contributed by atoms with van der Waals surface area (Å²) < 4.78 is 28.3. The average molecular weight is 381 g/mol. The molecule has 0 bridgehead atoms. The third-order valence-corrected chi connectivity index (χ3v) is 8.04. The van der Waals surface area contributed by atoms with Crippen LogP contribution in [0.15, 0.2) is 14.1 Å². The van der Waals surface area contributed by atoms with Crippen molar-refractivity contribution in [3.63, 3.8) is 0 Å². The number of nitrogens with zero attached hydrogens (tertiary/aromatic N) is 1. The van der Waals surface area contributed by atoms with Crippen LogP contribution < -0.4 is 5.32 Å². The van der Waals surface area contributed by atoms with Gasteiger partial charge in [0, 0.05) is 13.1 Å². The van der Waals surface area contributed by atoms with Crippen molar-refractivity contribution in [1.29, 1.82) is 0 Å². The highest BCUT2D eigenvalue weighted by atomic mass is 79.9. The highest BCUT2D eigenvalue weighted by molar-refractivity contribution is 9.11. The van der Waals surface area contributed by atoms with E-state index in [1.807, 2.05) is 6.92 Å². The number of piperidine rings is 1. The number of nitrogens with one attached hydrogen (secondary N) is 1. The molecule has 1 aliphatic rings. The second kappa shape index (κ2) is 6.87. The molecule has 1 fully saturated rings. The summed E-state index contributed by atoms with van der Waals surface area (Å²) >= 11 is 4.71. The van der Waals surface area contributed by atoms with Gasteiger partial charge in [-0.3, -0.25) is 0 Å². The first-order chi connectivity index (χ1) is 9.45. The molecule has 0 saturated carbocycles. The van der Waals surface area contributed by atoms with Gasteiger partial charge < -0.3 is 5.32 Å². The Kier molecular flexibility index (Phi) is 5.64. The molecular weight excluding hydrogens is 360 g/mol. The van der Waals surface area contributed by atoms with E-state index in [1.54, 1.807) is 10.4 Å². The first kappa shape index (κ1) is 16.4. The molecule has 2 rings (SSSR count). The van der Waals surface area contributed by atoms with Crippen LogP contribution in [0.3, 0.4) is 0 Å². The van der Waals surface area contributed by atoms with Crippen LogP contribution in [0, 0.1) is 12.8 Å². The van der Waals surface area contributed by atoms with E-state index < -0.39 is 10.0 Å². The average Bonchev–Trinajstić information content (AvgIpc) is 2.77. The molecule has 1 atom stereocenters. The highest BCUT2D eigenvalue weighted by Gasteiger charge is 2.31. The molecule has 1 saturated heterocycles. The number of sulfonamides is 1. The van der Waals surface area contributed by atoms with Crippen molar-refractivity contribution in [3.05, 3.63) is 15.4 Å². The van der Waals surface area contributed by atoms with E-state index in [0.717, 1.165) is 35.3 Å². The lowest BCUT2D eigenvalue weighted by Gasteiger charge is -2.31. The molecule has 4 nitrogen and oxygen atoms in total. The Labute approximate surface area is 133 Å². The van der Waals surface area contributed by atoms with Crippen molar-refractivity contribution in [3.8, 4) is 0 Å². The number of thiophene rings is 1. The second-order valence-electron chi connectivity index (χ2n) is 5.20. The maximum atomic E-state index is 12.7. The summed E-state index contributed by atoms with van der Waals surface area (Å²) in [6, 6.07) is 1.76. The van der Waals surface area contributed by atoms with Crippen molar-refractivity contribution in [1.82, 2.24) is 9.62 Å². The van der Waals surface area contributed by atoms with Crippen LogP contribution in [0.4, 0.5) is 0 Å². The second-order valence-corrected chi connectivity index (χ2v) is 9.74. The molecule has 1 N–H and O–H groups in total. The van der Waals surface area contributed by atoms with Gasteiger partial charge in [0.15, 0.2) is 0 Å². The predicted molar refractivity (Wildman–Crippen MR) is 86.8 cm³/mol. The van der Waals surface area contributed by atoms with Crippen LogP contribution in [-0.2, 0) is 10.0 Å². The van der Waals surface area contributed by atoms with Crippen molar-refractivity contribution >= 4 is 37.3 Å². The van der Waals surface area contributed by atoms with Gasteiger partial charge in [-0.2, -0.15) is 4.31 Å². The van der Waals surface area contributed by atoms with E-state index in [9.17, 15) is 8.42 Å². The smallest absolute Gasteiger partial charge is 0.252 e. The van der Waals surface area contributed by atoms with E-state index in [1.165, 1.54) is 11.3 Å². The molecular formula is C13H21BrN2O2S2. The van der Waals surface area contributed by atoms with E-state index in [0.29, 0.717) is 23.2 Å². The number of halogens is 1. The van der Waals surface area contributed by atoms with E-state index in [-0.39, 0.29) is 0 Å². The Morgan fingerprint density at radius 1 is 1.55 bits per heavy atom. The van der Waals surface area contributed by atoms with Crippen molar-refractivity contribution in [2.45, 2.75) is 30.9 Å². The molecule has 1 aliphatic heterocycles. The number of rotatable bonds is 5. The first-order valence-electron chi connectivity index (χ1n) is 6.92. The number of aryl methyl sites for hydroxylation is 1. The molecule has 7 heteroatoms. The van der Waals surface area contributed by atoms with Crippen LogP contribution in [0.2, 0.25) is 0 Å². The maximum Gasteiger partial charge on any atom is 0.252 e. The highest BCUT2D eigenvalue weighted by Crippen LogP contribution is 2.33. The zero-order chi connectivity index (χ0) is 14.8. The van der Waals surface area contributed by atoms with E-state index >= 15 is 0 Å². The van der Waals surface area contributed by atoms with Crippen LogP contribution in [0.25, 0.3) is 0 Å². The zero-order valence-electron chi connectivity index (χ0n) is 11.9. The SMILES string of the molecule is CCNCC1CCCN(S(=O)(=O)c2cc(C)c(Br)s2)C1. The maximum absolute atomic E-state index is 12.7. The summed E-state index contributed by atoms with van der Waals surface area (Å²) in [5, 5.41) is 3.32. The van der Waals surface area contributed by atoms with Crippen LogP contribution in [0.1, 0.15) is 25.3 Å². The summed E-state index contributed by atoms with van der Waals surface area (Å²) in [4.78, 5) is 0. The Morgan fingerprint density at radius 3 is 2.90 bits per heavy atom. The molecule has 0 radical (unpaired) electrons. The molecule has 0 aliphatic carbocycles. The number of hydrogen-bond acceptors (Lipinski definition) is 4. The zero-order valence-corrected chi connectivity index (χ0v) is 15.1. The van der Waals surface area contributed by atoms with Gasteiger partial charge in [-0.25, -0.2) is 8.42 Å². The van der Waals surface area contributed by atoms with Crippen molar-refractivity contribution in [2.75, 3.05) is 26.2 Å². The molecule has 20 heavy (non-hydrogen) atoms. The van der Waals surface area contributed by atoms with Gasteiger partial charge in [-0.15, -0.1) is 11.3 Å². The molecule has 0 aromatic carbocycles. The van der Waals surface area contributed by atoms with Crippen LogP contribution >= 0.6 is 27.3 Å². The van der Waals surface area contributed by atoms with Gasteiger partial charge in [0.1, 0.15) is 4.21 Å². The van der Waals surface area contributed by atoms with Gasteiger partial charge >= 0.3 is 0 Å². The summed E-state index contributed by atoms with van der Waals surface area (Å²) in [5.74, 6) is 0.419.